The van der Waals surface area contributed by atoms with Gasteiger partial charge in [0.25, 0.3) is 11.8 Å². The number of thiocarbonyl (C=S) groups is 1. The van der Waals surface area contributed by atoms with E-state index in [0.29, 0.717) is 57.2 Å². The van der Waals surface area contributed by atoms with Gasteiger partial charge < -0.3 is 24.3 Å². The smallest absolute Gasteiger partial charge is 0.267 e. The van der Waals surface area contributed by atoms with Crippen molar-refractivity contribution in [1.82, 2.24) is 4.90 Å². The summed E-state index contributed by atoms with van der Waals surface area (Å²) in [4.78, 5) is 43.7. The zero-order chi connectivity index (χ0) is 30.7. The average molecular weight is 620 g/mol. The number of nitrogens with zero attached hydrogens (tertiary/aromatic N) is 2. The van der Waals surface area contributed by atoms with Gasteiger partial charge in [-0.15, -0.1) is 0 Å². The second kappa shape index (κ2) is 12.8. The van der Waals surface area contributed by atoms with Crippen LogP contribution in [0.15, 0.2) is 65.6 Å². The van der Waals surface area contributed by atoms with E-state index in [9.17, 15) is 14.4 Å². The fraction of sp³-hybridized carbons (Fsp3) is 0.226. The largest absolute Gasteiger partial charge is 0.497 e. The molecule has 2 heterocycles. The number of para-hydroxylation sites is 1. The zero-order valence-electron chi connectivity index (χ0n) is 24.0. The Labute approximate surface area is 258 Å². The Morgan fingerprint density at radius 3 is 2.30 bits per heavy atom. The Bertz CT molecular complexity index is 1660. The van der Waals surface area contributed by atoms with Gasteiger partial charge in [0.1, 0.15) is 22.4 Å². The number of amides is 3. The first-order valence-electron chi connectivity index (χ1n) is 13.2. The zero-order valence-corrected chi connectivity index (χ0v) is 25.6. The van der Waals surface area contributed by atoms with Gasteiger partial charge >= 0.3 is 0 Å². The Balaban J connectivity index is 1.36. The Morgan fingerprint density at radius 2 is 1.58 bits per heavy atom. The van der Waals surface area contributed by atoms with Crippen LogP contribution in [0.1, 0.15) is 11.1 Å². The molecule has 43 heavy (non-hydrogen) atoms. The van der Waals surface area contributed by atoms with E-state index >= 15 is 0 Å². The quantitative estimate of drug-likeness (QED) is 0.259. The van der Waals surface area contributed by atoms with Crippen LogP contribution in [-0.2, 0) is 20.8 Å². The topological polar surface area (TPSA) is 107 Å². The van der Waals surface area contributed by atoms with E-state index in [4.69, 9.17) is 31.2 Å². The number of benzene rings is 3. The summed E-state index contributed by atoms with van der Waals surface area (Å²) in [6.07, 6.45) is 0.515. The highest BCUT2D eigenvalue weighted by Crippen LogP contribution is 2.44. The van der Waals surface area contributed by atoms with E-state index in [1.807, 2.05) is 18.2 Å². The minimum absolute atomic E-state index is 0.233. The molecule has 0 bridgehead atoms. The van der Waals surface area contributed by atoms with E-state index in [-0.39, 0.29) is 22.9 Å². The molecule has 12 heteroatoms. The Kier molecular flexibility index (Phi) is 8.88. The van der Waals surface area contributed by atoms with Crippen LogP contribution in [0.2, 0.25) is 0 Å². The van der Waals surface area contributed by atoms with Crippen molar-refractivity contribution in [2.75, 3.05) is 51.7 Å². The summed E-state index contributed by atoms with van der Waals surface area (Å²) in [5.74, 6) is 0.968. The summed E-state index contributed by atoms with van der Waals surface area (Å²) in [6.45, 7) is 0.0523. The maximum absolute atomic E-state index is 13.8. The maximum atomic E-state index is 13.8. The van der Waals surface area contributed by atoms with Crippen molar-refractivity contribution < 1.29 is 33.3 Å². The van der Waals surface area contributed by atoms with Crippen molar-refractivity contribution in [3.8, 4) is 23.0 Å². The van der Waals surface area contributed by atoms with Crippen molar-refractivity contribution in [1.29, 1.82) is 0 Å². The predicted octanol–water partition coefficient (Wildman–Crippen LogP) is 4.52. The molecule has 0 radical (unpaired) electrons. The molecule has 1 fully saturated rings. The molecular formula is C31H29N3O7S2. The highest BCUT2D eigenvalue weighted by molar-refractivity contribution is 8.26. The van der Waals surface area contributed by atoms with Gasteiger partial charge in [0, 0.05) is 18.2 Å². The van der Waals surface area contributed by atoms with Crippen LogP contribution in [0.5, 0.6) is 23.0 Å². The molecule has 1 saturated heterocycles. The number of thioether (sulfide) groups is 1. The summed E-state index contributed by atoms with van der Waals surface area (Å²) in [5, 5.41) is 2.80. The van der Waals surface area contributed by atoms with E-state index in [1.165, 1.54) is 24.0 Å². The second-order valence-electron chi connectivity index (χ2n) is 9.49. The van der Waals surface area contributed by atoms with Crippen LogP contribution in [-0.4, -0.2) is 68.5 Å². The second-order valence-corrected chi connectivity index (χ2v) is 11.1. The van der Waals surface area contributed by atoms with Gasteiger partial charge in [-0.05, 0) is 42.3 Å². The first kappa shape index (κ1) is 29.9. The number of anilines is 2. The molecule has 1 N–H and O–H groups in total. The van der Waals surface area contributed by atoms with Crippen LogP contribution >= 0.6 is 24.0 Å². The van der Waals surface area contributed by atoms with Crippen molar-refractivity contribution in [2.45, 2.75) is 6.42 Å². The van der Waals surface area contributed by atoms with Gasteiger partial charge in [-0.1, -0.05) is 48.2 Å². The maximum Gasteiger partial charge on any atom is 0.267 e. The summed E-state index contributed by atoms with van der Waals surface area (Å²) >= 11 is 6.66. The first-order valence-corrected chi connectivity index (χ1v) is 14.4. The molecule has 0 aliphatic carbocycles. The van der Waals surface area contributed by atoms with Gasteiger partial charge in [-0.25, -0.2) is 0 Å². The van der Waals surface area contributed by atoms with E-state index in [2.05, 4.69) is 5.32 Å². The molecule has 3 aromatic rings. The fourth-order valence-corrected chi connectivity index (χ4v) is 6.29. The number of nitrogens with one attached hydrogen (secondary N) is 1. The highest BCUT2D eigenvalue weighted by Gasteiger charge is 2.42. The standard InChI is InChI=1S/C31H29N3O7S2/c1-38-19-10-11-21(24(16-19)40-3)32-26(35)17-34-22-8-6-5-7-20(22)27(29(34)36)28-30(37)33(31(42)43-28)14-13-18-9-12-23(39-2)25(15-18)41-4/h5-12,15-16H,13-14,17H2,1-4H3,(H,32,35). The van der Waals surface area contributed by atoms with Crippen LogP contribution < -0.4 is 29.2 Å². The lowest BCUT2D eigenvalue weighted by molar-refractivity contribution is -0.122. The lowest BCUT2D eigenvalue weighted by Crippen LogP contribution is -2.35. The molecule has 3 aromatic carbocycles. The lowest BCUT2D eigenvalue weighted by atomic mass is 10.1. The third kappa shape index (κ3) is 5.88. The number of hydrogen-bond acceptors (Lipinski definition) is 9. The normalized spacial score (nSPS) is 16.0. The molecule has 0 saturated carbocycles. The number of hydrogen-bond donors (Lipinski definition) is 1. The Hall–Kier alpha value is -4.55. The monoisotopic (exact) mass is 619 g/mol. The molecule has 0 unspecified atom stereocenters. The van der Waals surface area contributed by atoms with Gasteiger partial charge in [0.05, 0.1) is 50.3 Å². The number of carbonyl (C=O) groups excluding carboxylic acids is 3. The van der Waals surface area contributed by atoms with E-state index in [0.717, 1.165) is 17.3 Å². The van der Waals surface area contributed by atoms with Crippen LogP contribution in [0.3, 0.4) is 0 Å². The molecular weight excluding hydrogens is 590 g/mol. The number of methoxy groups -OCH3 is 4. The number of fused-ring (bicyclic) bond motifs is 1. The lowest BCUT2D eigenvalue weighted by Gasteiger charge is -2.18. The predicted molar refractivity (Wildman–Crippen MR) is 169 cm³/mol. The molecule has 2 aliphatic rings. The number of ether oxygens (including phenoxy) is 4. The van der Waals surface area contributed by atoms with Crippen LogP contribution in [0.4, 0.5) is 11.4 Å². The molecule has 0 aromatic heterocycles. The molecule has 10 nitrogen and oxygen atoms in total. The summed E-state index contributed by atoms with van der Waals surface area (Å²) in [7, 11) is 6.16. The van der Waals surface area contributed by atoms with Crippen molar-refractivity contribution in [2.24, 2.45) is 0 Å². The average Bonchev–Trinajstić information content (AvgIpc) is 3.46. The van der Waals surface area contributed by atoms with Gasteiger partial charge in [0.2, 0.25) is 5.91 Å². The van der Waals surface area contributed by atoms with Gasteiger partial charge in [-0.2, -0.15) is 0 Å². The minimum Gasteiger partial charge on any atom is -0.497 e. The number of rotatable bonds is 10. The molecule has 3 amide bonds. The summed E-state index contributed by atoms with van der Waals surface area (Å²) in [6, 6.07) is 17.7. The molecule has 0 spiro atoms. The van der Waals surface area contributed by atoms with Crippen LogP contribution in [0, 0.1) is 0 Å². The molecule has 222 valence electrons. The van der Waals surface area contributed by atoms with Crippen molar-refractivity contribution in [3.05, 3.63) is 76.7 Å². The Morgan fingerprint density at radius 1 is 0.837 bits per heavy atom. The van der Waals surface area contributed by atoms with Gasteiger partial charge in [-0.3, -0.25) is 24.2 Å². The fourth-order valence-electron chi connectivity index (χ4n) is 4.91. The minimum atomic E-state index is -0.446. The molecule has 0 atom stereocenters. The molecule has 5 rings (SSSR count). The van der Waals surface area contributed by atoms with Crippen molar-refractivity contribution in [3.63, 3.8) is 0 Å². The third-order valence-corrected chi connectivity index (χ3v) is 8.50. The SMILES string of the molecule is COc1ccc(NC(=O)CN2C(=O)C(=C3SC(=S)N(CCc4ccc(OC)c(OC)c4)C3=O)c3ccccc32)c(OC)c1. The summed E-state index contributed by atoms with van der Waals surface area (Å²) < 4.78 is 21.6. The number of carbonyl (C=O) groups is 3. The third-order valence-electron chi connectivity index (χ3n) is 7.06. The summed E-state index contributed by atoms with van der Waals surface area (Å²) in [5.41, 5.74) is 2.71. The molecule has 2 aliphatic heterocycles. The van der Waals surface area contributed by atoms with E-state index < -0.39 is 11.8 Å². The highest BCUT2D eigenvalue weighted by atomic mass is 32.2. The van der Waals surface area contributed by atoms with E-state index in [1.54, 1.807) is 56.7 Å². The first-order chi connectivity index (χ1) is 20.8. The van der Waals surface area contributed by atoms with Crippen LogP contribution in [0.25, 0.3) is 5.57 Å². The van der Waals surface area contributed by atoms with Crippen molar-refractivity contribution >= 4 is 63.0 Å². The van der Waals surface area contributed by atoms with Gasteiger partial charge in [0.15, 0.2) is 11.5 Å².